The average Bonchev–Trinajstić information content (AvgIpc) is 2.27. The quantitative estimate of drug-likeness (QED) is 0.604. The van der Waals surface area contributed by atoms with E-state index in [4.69, 9.17) is 5.73 Å². The Morgan fingerprint density at radius 2 is 1.37 bits per heavy atom. The van der Waals surface area contributed by atoms with Crippen molar-refractivity contribution in [1.29, 1.82) is 0 Å². The molecule has 0 amide bonds. The summed E-state index contributed by atoms with van der Waals surface area (Å²) in [5, 5.41) is 0. The van der Waals surface area contributed by atoms with Crippen LogP contribution in [0.2, 0.25) is 0 Å². The van der Waals surface area contributed by atoms with Crippen molar-refractivity contribution in [2.45, 2.75) is 73.3 Å². The first-order valence-corrected chi connectivity index (χ1v) is 8.16. The molecule has 0 fully saturated rings. The Morgan fingerprint density at radius 3 is 1.74 bits per heavy atom. The minimum Gasteiger partial charge on any atom is -0.330 e. The molecule has 0 aliphatic rings. The molecule has 116 valence electrons. The molecule has 2 heteroatoms. The Morgan fingerprint density at radius 1 is 0.895 bits per heavy atom. The van der Waals surface area contributed by atoms with Gasteiger partial charge >= 0.3 is 0 Å². The van der Waals surface area contributed by atoms with E-state index in [1.54, 1.807) is 0 Å². The molecule has 0 rings (SSSR count). The lowest BCUT2D eigenvalue weighted by molar-refractivity contribution is 0.0430. The smallest absolute Gasteiger partial charge is 0.0178 e. The van der Waals surface area contributed by atoms with Crippen molar-refractivity contribution in [3.63, 3.8) is 0 Å². The molecule has 0 saturated carbocycles. The average molecular weight is 271 g/mol. The van der Waals surface area contributed by atoms with Gasteiger partial charge in [0.05, 0.1) is 0 Å². The number of hydrogen-bond acceptors (Lipinski definition) is 2. The minimum atomic E-state index is 0.281. The zero-order valence-corrected chi connectivity index (χ0v) is 14.5. The Balaban J connectivity index is 4.64. The minimum absolute atomic E-state index is 0.281. The van der Waals surface area contributed by atoms with E-state index < -0.39 is 0 Å². The highest BCUT2D eigenvalue weighted by Crippen LogP contribution is 2.29. The molecule has 0 heterocycles. The number of nitrogens with two attached hydrogens (primary N) is 1. The summed E-state index contributed by atoms with van der Waals surface area (Å²) in [7, 11) is 0. The van der Waals surface area contributed by atoms with Crippen LogP contribution in [0.4, 0.5) is 0 Å². The first-order chi connectivity index (χ1) is 8.71. The summed E-state index contributed by atoms with van der Waals surface area (Å²) in [5.41, 5.74) is 5.89. The molecule has 0 aliphatic carbocycles. The van der Waals surface area contributed by atoms with E-state index in [0.717, 1.165) is 30.7 Å². The first-order valence-electron chi connectivity index (χ1n) is 8.16. The SMILES string of the molecule is CC(C)CN(CC(C)C)C(C)(C)C(C)CCCCN. The van der Waals surface area contributed by atoms with Crippen molar-refractivity contribution >= 4 is 0 Å². The van der Waals surface area contributed by atoms with Gasteiger partial charge in [-0.25, -0.2) is 0 Å². The van der Waals surface area contributed by atoms with E-state index >= 15 is 0 Å². The lowest BCUT2D eigenvalue weighted by atomic mass is 9.82. The zero-order chi connectivity index (χ0) is 15.1. The van der Waals surface area contributed by atoms with Gasteiger partial charge < -0.3 is 5.73 Å². The van der Waals surface area contributed by atoms with Crippen LogP contribution in [-0.4, -0.2) is 30.1 Å². The van der Waals surface area contributed by atoms with Crippen LogP contribution < -0.4 is 5.73 Å². The van der Waals surface area contributed by atoms with Gasteiger partial charge in [-0.3, -0.25) is 4.90 Å². The van der Waals surface area contributed by atoms with Crippen molar-refractivity contribution < 1.29 is 0 Å². The number of hydrogen-bond donors (Lipinski definition) is 1. The van der Waals surface area contributed by atoms with Crippen molar-refractivity contribution in [1.82, 2.24) is 4.90 Å². The summed E-state index contributed by atoms with van der Waals surface area (Å²) >= 11 is 0. The molecule has 19 heavy (non-hydrogen) atoms. The van der Waals surface area contributed by atoms with Gasteiger partial charge in [-0.2, -0.15) is 0 Å². The van der Waals surface area contributed by atoms with Crippen LogP contribution in [0.3, 0.4) is 0 Å². The monoisotopic (exact) mass is 270 g/mol. The maximum absolute atomic E-state index is 5.60. The Hall–Kier alpha value is -0.0800. The number of nitrogens with zero attached hydrogens (tertiary/aromatic N) is 1. The van der Waals surface area contributed by atoms with Crippen LogP contribution in [0.25, 0.3) is 0 Å². The normalized spacial score (nSPS) is 14.7. The molecule has 0 spiro atoms. The van der Waals surface area contributed by atoms with Gasteiger partial charge in [0.25, 0.3) is 0 Å². The summed E-state index contributed by atoms with van der Waals surface area (Å²) in [6.07, 6.45) is 3.71. The fourth-order valence-electron chi connectivity index (χ4n) is 2.69. The maximum Gasteiger partial charge on any atom is 0.0178 e. The summed E-state index contributed by atoms with van der Waals surface area (Å²) in [6, 6.07) is 0. The van der Waals surface area contributed by atoms with E-state index in [1.165, 1.54) is 25.9 Å². The van der Waals surface area contributed by atoms with Gasteiger partial charge in [-0.05, 0) is 51.0 Å². The van der Waals surface area contributed by atoms with E-state index in [9.17, 15) is 0 Å². The van der Waals surface area contributed by atoms with Crippen LogP contribution >= 0.6 is 0 Å². The Kier molecular flexibility index (Phi) is 8.93. The predicted octanol–water partition coefficient (Wildman–Crippen LogP) is 4.14. The second kappa shape index (κ2) is 8.97. The van der Waals surface area contributed by atoms with Gasteiger partial charge in [-0.15, -0.1) is 0 Å². The number of unbranched alkanes of at least 4 members (excludes halogenated alkanes) is 1. The van der Waals surface area contributed by atoms with Gasteiger partial charge in [-0.1, -0.05) is 41.0 Å². The second-order valence-electron chi connectivity index (χ2n) is 7.53. The molecule has 2 N–H and O–H groups in total. The fraction of sp³-hybridized carbons (Fsp3) is 1.00. The third kappa shape index (κ3) is 7.31. The zero-order valence-electron chi connectivity index (χ0n) is 14.5. The van der Waals surface area contributed by atoms with Gasteiger partial charge in [0.1, 0.15) is 0 Å². The van der Waals surface area contributed by atoms with Crippen molar-refractivity contribution in [2.24, 2.45) is 23.5 Å². The van der Waals surface area contributed by atoms with E-state index in [-0.39, 0.29) is 5.54 Å². The molecular formula is C17H38N2. The molecule has 0 aromatic rings. The Labute approximate surface area is 122 Å². The van der Waals surface area contributed by atoms with Crippen LogP contribution in [0.5, 0.6) is 0 Å². The maximum atomic E-state index is 5.60. The molecule has 1 atom stereocenters. The van der Waals surface area contributed by atoms with Crippen LogP contribution in [0, 0.1) is 17.8 Å². The largest absolute Gasteiger partial charge is 0.330 e. The molecule has 1 unspecified atom stereocenters. The predicted molar refractivity (Wildman–Crippen MR) is 87.4 cm³/mol. The first kappa shape index (κ1) is 18.9. The molecular weight excluding hydrogens is 232 g/mol. The second-order valence-corrected chi connectivity index (χ2v) is 7.53. The van der Waals surface area contributed by atoms with Crippen LogP contribution in [0.15, 0.2) is 0 Å². The summed E-state index contributed by atoms with van der Waals surface area (Å²) in [5.74, 6) is 2.18. The summed E-state index contributed by atoms with van der Waals surface area (Å²) in [4.78, 5) is 2.70. The third-order valence-electron chi connectivity index (χ3n) is 4.28. The molecule has 0 aliphatic heterocycles. The van der Waals surface area contributed by atoms with Gasteiger partial charge in [0, 0.05) is 18.6 Å². The molecule has 0 bridgehead atoms. The van der Waals surface area contributed by atoms with Crippen LogP contribution in [0.1, 0.15) is 67.7 Å². The third-order valence-corrected chi connectivity index (χ3v) is 4.28. The van der Waals surface area contributed by atoms with Crippen molar-refractivity contribution in [2.75, 3.05) is 19.6 Å². The molecule has 0 aromatic heterocycles. The Bertz CT molecular complexity index is 211. The summed E-state index contributed by atoms with van der Waals surface area (Å²) < 4.78 is 0. The highest BCUT2D eigenvalue weighted by atomic mass is 15.2. The topological polar surface area (TPSA) is 29.3 Å². The lowest BCUT2D eigenvalue weighted by Crippen LogP contribution is -2.51. The highest BCUT2D eigenvalue weighted by molar-refractivity contribution is 4.87. The van der Waals surface area contributed by atoms with Crippen molar-refractivity contribution in [3.8, 4) is 0 Å². The van der Waals surface area contributed by atoms with Gasteiger partial charge in [0.2, 0.25) is 0 Å². The van der Waals surface area contributed by atoms with Gasteiger partial charge in [0.15, 0.2) is 0 Å². The fourth-order valence-corrected chi connectivity index (χ4v) is 2.69. The molecule has 2 nitrogen and oxygen atoms in total. The van der Waals surface area contributed by atoms with Crippen molar-refractivity contribution in [3.05, 3.63) is 0 Å². The highest BCUT2D eigenvalue weighted by Gasteiger charge is 2.32. The lowest BCUT2D eigenvalue weighted by Gasteiger charge is -2.45. The molecule has 0 saturated heterocycles. The standard InChI is InChI=1S/C17H38N2/c1-14(2)12-19(13-15(3)4)17(6,7)16(5)10-8-9-11-18/h14-16H,8-13,18H2,1-7H3. The molecule has 0 radical (unpaired) electrons. The van der Waals surface area contributed by atoms with E-state index in [0.29, 0.717) is 0 Å². The number of rotatable bonds is 10. The van der Waals surface area contributed by atoms with E-state index in [1.807, 2.05) is 0 Å². The van der Waals surface area contributed by atoms with E-state index in [2.05, 4.69) is 53.4 Å². The van der Waals surface area contributed by atoms with Crippen LogP contribution in [-0.2, 0) is 0 Å². The summed E-state index contributed by atoms with van der Waals surface area (Å²) in [6.45, 7) is 19.8. The molecule has 0 aromatic carbocycles.